The summed E-state index contributed by atoms with van der Waals surface area (Å²) in [6.07, 6.45) is 3.20. The number of ketones is 1. The molecular weight excluding hydrogens is 627 g/mol. The molecule has 5 rings (SSSR count). The fourth-order valence-electron chi connectivity index (χ4n) is 4.40. The van der Waals surface area contributed by atoms with Gasteiger partial charge in [0.25, 0.3) is 5.91 Å². The summed E-state index contributed by atoms with van der Waals surface area (Å²) < 4.78 is 46.4. The van der Waals surface area contributed by atoms with Crippen LogP contribution >= 0.6 is 34.8 Å². The molecule has 2 heterocycles. The van der Waals surface area contributed by atoms with Crippen LogP contribution in [-0.2, 0) is 11.0 Å². The minimum absolute atomic E-state index is 0.0381. The largest absolute Gasteiger partial charge is 0.302 e. The highest BCUT2D eigenvalue weighted by Crippen LogP contribution is 2.33. The van der Waals surface area contributed by atoms with Crippen LogP contribution in [0.1, 0.15) is 39.6 Å². The van der Waals surface area contributed by atoms with E-state index in [4.69, 9.17) is 34.8 Å². The lowest BCUT2D eigenvalue weighted by Crippen LogP contribution is -2.14. The molecule has 0 fully saturated rings. The normalized spacial score (nSPS) is 12.0. The van der Waals surface area contributed by atoms with Crippen molar-refractivity contribution >= 4 is 74.2 Å². The maximum absolute atomic E-state index is 15.6. The summed E-state index contributed by atoms with van der Waals surface area (Å²) in [4.78, 5) is 32.0. The first-order valence-corrected chi connectivity index (χ1v) is 15.0. The van der Waals surface area contributed by atoms with E-state index in [9.17, 15) is 13.8 Å². The van der Waals surface area contributed by atoms with Gasteiger partial charge in [-0.25, -0.2) is 18.0 Å². The van der Waals surface area contributed by atoms with Crippen molar-refractivity contribution < 1.29 is 22.6 Å². The number of anilines is 1. The van der Waals surface area contributed by atoms with E-state index in [1.807, 2.05) is 0 Å². The molecule has 5 aromatic rings. The smallest absolute Gasteiger partial charge is 0.266 e. The Morgan fingerprint density at radius 3 is 2.31 bits per heavy atom. The SMILES string of the molecule is CCCS(=O)Nc1ccc(F)c(C(=O)c2cn(C(=O)c3c(Cl)cccc3Cl)c3ncc(-c4ccc(Cl)cc4)cc23)c1F. The molecule has 0 amide bonds. The first kappa shape index (κ1) is 29.8. The molecule has 1 atom stereocenters. The summed E-state index contributed by atoms with van der Waals surface area (Å²) in [6.45, 7) is 1.80. The van der Waals surface area contributed by atoms with Crippen LogP contribution in [0, 0.1) is 11.6 Å². The number of rotatable bonds is 8. The predicted molar refractivity (Wildman–Crippen MR) is 163 cm³/mol. The maximum atomic E-state index is 15.6. The summed E-state index contributed by atoms with van der Waals surface area (Å²) >= 11 is 18.6. The van der Waals surface area contributed by atoms with E-state index in [2.05, 4.69) is 9.71 Å². The van der Waals surface area contributed by atoms with Gasteiger partial charge in [-0.2, -0.15) is 0 Å². The van der Waals surface area contributed by atoms with Gasteiger partial charge in [0.1, 0.15) is 22.5 Å². The lowest BCUT2D eigenvalue weighted by molar-refractivity contribution is 0.0964. The van der Waals surface area contributed by atoms with Crippen molar-refractivity contribution in [3.63, 3.8) is 0 Å². The molecule has 0 saturated carbocycles. The van der Waals surface area contributed by atoms with Crippen molar-refractivity contribution in [1.29, 1.82) is 0 Å². The number of carbonyl (C=O) groups is 2. The molecule has 0 saturated heterocycles. The van der Waals surface area contributed by atoms with Gasteiger partial charge >= 0.3 is 0 Å². The average Bonchev–Trinajstić information content (AvgIpc) is 3.34. The molecule has 6 nitrogen and oxygen atoms in total. The number of benzene rings is 3. The molecule has 42 heavy (non-hydrogen) atoms. The molecule has 1 unspecified atom stereocenters. The van der Waals surface area contributed by atoms with Crippen LogP contribution < -0.4 is 4.72 Å². The van der Waals surface area contributed by atoms with Crippen LogP contribution in [0.25, 0.3) is 22.2 Å². The van der Waals surface area contributed by atoms with Crippen molar-refractivity contribution in [3.05, 3.63) is 116 Å². The van der Waals surface area contributed by atoms with Crippen molar-refractivity contribution in [1.82, 2.24) is 9.55 Å². The Morgan fingerprint density at radius 1 is 0.952 bits per heavy atom. The second-order valence-corrected chi connectivity index (χ2v) is 11.7. The van der Waals surface area contributed by atoms with Gasteiger partial charge in [-0.3, -0.25) is 14.2 Å². The Balaban J connectivity index is 1.71. The van der Waals surface area contributed by atoms with Gasteiger partial charge in [-0.1, -0.05) is 59.9 Å². The lowest BCUT2D eigenvalue weighted by atomic mass is 10.00. The van der Waals surface area contributed by atoms with Crippen LogP contribution in [0.3, 0.4) is 0 Å². The zero-order valence-corrected chi connectivity index (χ0v) is 24.8. The Morgan fingerprint density at radius 2 is 1.64 bits per heavy atom. The molecule has 2 aromatic heterocycles. The molecule has 0 aliphatic rings. The maximum Gasteiger partial charge on any atom is 0.266 e. The molecule has 0 spiro atoms. The Hall–Kier alpha value is -3.63. The summed E-state index contributed by atoms with van der Waals surface area (Å²) in [5, 5.41) is 0.791. The number of pyridine rings is 1. The number of aromatic nitrogens is 2. The van der Waals surface area contributed by atoms with E-state index in [0.29, 0.717) is 22.6 Å². The van der Waals surface area contributed by atoms with Gasteiger partial charge in [0.2, 0.25) is 5.78 Å². The summed E-state index contributed by atoms with van der Waals surface area (Å²) in [7, 11) is -1.65. The third-order valence-electron chi connectivity index (χ3n) is 6.39. The quantitative estimate of drug-likeness (QED) is 0.172. The molecule has 12 heteroatoms. The van der Waals surface area contributed by atoms with Gasteiger partial charge in [0.05, 0.1) is 32.4 Å². The molecule has 0 aliphatic carbocycles. The Bertz CT molecular complexity index is 1870. The second-order valence-electron chi connectivity index (χ2n) is 9.18. The van der Waals surface area contributed by atoms with Crippen molar-refractivity contribution in [2.45, 2.75) is 13.3 Å². The highest BCUT2D eigenvalue weighted by atomic mass is 35.5. The third-order valence-corrected chi connectivity index (χ3v) is 8.50. The molecule has 1 N–H and O–H groups in total. The van der Waals surface area contributed by atoms with Crippen molar-refractivity contribution in [3.8, 4) is 11.1 Å². The van der Waals surface area contributed by atoms with Crippen molar-refractivity contribution in [2.24, 2.45) is 0 Å². The zero-order valence-electron chi connectivity index (χ0n) is 21.8. The number of nitrogens with zero attached hydrogens (tertiary/aromatic N) is 2. The highest BCUT2D eigenvalue weighted by Gasteiger charge is 2.28. The topological polar surface area (TPSA) is 81.1 Å². The van der Waals surface area contributed by atoms with Crippen LogP contribution in [0.4, 0.5) is 14.5 Å². The number of nitrogens with one attached hydrogen (secondary N) is 1. The van der Waals surface area contributed by atoms with Crippen molar-refractivity contribution in [2.75, 3.05) is 10.5 Å². The summed E-state index contributed by atoms with van der Waals surface area (Å²) in [5.74, 6) is -3.88. The van der Waals surface area contributed by atoms with Gasteiger partial charge in [0, 0.05) is 34.1 Å². The zero-order chi connectivity index (χ0) is 30.1. The average molecular weight is 647 g/mol. The monoisotopic (exact) mass is 645 g/mol. The number of hydrogen-bond acceptors (Lipinski definition) is 4. The van der Waals surface area contributed by atoms with E-state index in [1.165, 1.54) is 18.3 Å². The first-order valence-electron chi connectivity index (χ1n) is 12.5. The van der Waals surface area contributed by atoms with E-state index in [-0.39, 0.29) is 43.6 Å². The van der Waals surface area contributed by atoms with Gasteiger partial charge in [-0.15, -0.1) is 0 Å². The Labute approximate surface area is 256 Å². The third kappa shape index (κ3) is 5.70. The molecule has 0 aliphatic heterocycles. The number of carbonyl (C=O) groups excluding carboxylic acids is 2. The summed E-state index contributed by atoms with van der Waals surface area (Å²) in [5.41, 5.74) is -0.127. The van der Waals surface area contributed by atoms with E-state index in [0.717, 1.165) is 22.9 Å². The van der Waals surface area contributed by atoms with Gasteiger partial charge < -0.3 is 4.72 Å². The van der Waals surface area contributed by atoms with E-state index >= 15 is 8.78 Å². The minimum atomic E-state index is -1.65. The molecule has 0 bridgehead atoms. The van der Waals surface area contributed by atoms with E-state index in [1.54, 1.807) is 43.3 Å². The molecule has 214 valence electrons. The minimum Gasteiger partial charge on any atom is -0.302 e. The van der Waals surface area contributed by atoms with Crippen LogP contribution in [-0.4, -0.2) is 31.2 Å². The number of halogens is 5. The van der Waals surface area contributed by atoms with Crippen LogP contribution in [0.5, 0.6) is 0 Å². The van der Waals surface area contributed by atoms with Crippen LogP contribution in [0.15, 0.2) is 73.1 Å². The Kier molecular flexibility index (Phi) is 8.75. The molecular formula is C30H20Cl3F2N3O3S. The van der Waals surface area contributed by atoms with Gasteiger partial charge in [0.15, 0.2) is 5.82 Å². The fraction of sp³-hybridized carbons (Fsp3) is 0.100. The lowest BCUT2D eigenvalue weighted by Gasteiger charge is -2.10. The highest BCUT2D eigenvalue weighted by molar-refractivity contribution is 7.86. The molecule has 0 radical (unpaired) electrons. The number of fused-ring (bicyclic) bond motifs is 1. The summed E-state index contributed by atoms with van der Waals surface area (Å²) in [6, 6.07) is 14.9. The molecule has 3 aromatic carbocycles. The fourth-order valence-corrected chi connectivity index (χ4v) is 5.96. The van der Waals surface area contributed by atoms with Crippen LogP contribution in [0.2, 0.25) is 15.1 Å². The first-order chi connectivity index (χ1) is 20.1. The number of hydrogen-bond donors (Lipinski definition) is 1. The predicted octanol–water partition coefficient (Wildman–Crippen LogP) is 8.35. The standard InChI is InChI=1S/C30H20Cl3F2N3O3S/c1-2-12-42(41)37-24-11-10-23(34)26(27(24)35)28(39)20-15-38(30(40)25-21(32)4-3-5-22(25)33)29-19(20)13-17(14-36-29)16-6-8-18(31)9-7-16/h3-11,13-15,37H,2,12H2,1H3. The second kappa shape index (κ2) is 12.3. The van der Waals surface area contributed by atoms with Gasteiger partial charge in [-0.05, 0) is 54.4 Å². The van der Waals surface area contributed by atoms with E-state index < -0.39 is 39.9 Å².